The van der Waals surface area contributed by atoms with E-state index in [1.54, 1.807) is 0 Å². The second kappa shape index (κ2) is 4.23. The Morgan fingerprint density at radius 1 is 1.24 bits per heavy atom. The standard InChI is InChI=1S/C12H12BrN3O/c13-9-3-1-8(2-4-9)12-15-14-11-6-5-10(17)7-16(11)12/h1-4,10,17H,5-7H2. The molecule has 5 heteroatoms. The van der Waals surface area contributed by atoms with Crippen molar-refractivity contribution in [2.75, 3.05) is 0 Å². The van der Waals surface area contributed by atoms with Crippen LogP contribution in [0.3, 0.4) is 0 Å². The summed E-state index contributed by atoms with van der Waals surface area (Å²) < 4.78 is 3.05. The van der Waals surface area contributed by atoms with Crippen LogP contribution in [-0.4, -0.2) is 26.0 Å². The van der Waals surface area contributed by atoms with Crippen LogP contribution in [-0.2, 0) is 13.0 Å². The first kappa shape index (κ1) is 10.9. The Kier molecular flexibility index (Phi) is 2.72. The number of aliphatic hydroxyl groups is 1. The lowest BCUT2D eigenvalue weighted by Crippen LogP contribution is -2.24. The zero-order valence-corrected chi connectivity index (χ0v) is 10.8. The van der Waals surface area contributed by atoms with Gasteiger partial charge in [0, 0.05) is 16.5 Å². The highest BCUT2D eigenvalue weighted by atomic mass is 79.9. The second-order valence-electron chi connectivity index (χ2n) is 4.25. The first-order valence-corrected chi connectivity index (χ1v) is 6.39. The lowest BCUT2D eigenvalue weighted by atomic mass is 10.1. The number of aliphatic hydroxyl groups excluding tert-OH is 1. The molecule has 0 amide bonds. The van der Waals surface area contributed by atoms with E-state index in [0.29, 0.717) is 6.54 Å². The zero-order valence-electron chi connectivity index (χ0n) is 9.17. The lowest BCUT2D eigenvalue weighted by Gasteiger charge is -2.19. The summed E-state index contributed by atoms with van der Waals surface area (Å²) in [6.07, 6.45) is 1.29. The number of rotatable bonds is 1. The Hall–Kier alpha value is -1.20. The first-order chi connectivity index (χ1) is 8.24. The smallest absolute Gasteiger partial charge is 0.164 e. The normalized spacial score (nSPS) is 19.1. The van der Waals surface area contributed by atoms with Crippen LogP contribution < -0.4 is 0 Å². The molecule has 0 fully saturated rings. The van der Waals surface area contributed by atoms with Crippen LogP contribution >= 0.6 is 15.9 Å². The van der Waals surface area contributed by atoms with Crippen molar-refractivity contribution in [1.82, 2.24) is 14.8 Å². The molecule has 0 saturated heterocycles. The fourth-order valence-corrected chi connectivity index (χ4v) is 2.39. The summed E-state index contributed by atoms with van der Waals surface area (Å²) >= 11 is 3.41. The van der Waals surface area contributed by atoms with E-state index in [-0.39, 0.29) is 6.10 Å². The maximum absolute atomic E-state index is 9.71. The summed E-state index contributed by atoms with van der Waals surface area (Å²) in [6.45, 7) is 0.591. The summed E-state index contributed by atoms with van der Waals surface area (Å²) in [6, 6.07) is 7.97. The van der Waals surface area contributed by atoms with Crippen LogP contribution in [0, 0.1) is 0 Å². The quantitative estimate of drug-likeness (QED) is 0.875. The molecule has 2 aromatic rings. The third-order valence-electron chi connectivity index (χ3n) is 3.02. The van der Waals surface area contributed by atoms with E-state index >= 15 is 0 Å². The molecular formula is C12H12BrN3O. The van der Waals surface area contributed by atoms with Gasteiger partial charge in [0.25, 0.3) is 0 Å². The van der Waals surface area contributed by atoms with E-state index in [2.05, 4.69) is 26.1 Å². The highest BCUT2D eigenvalue weighted by Crippen LogP contribution is 2.24. The molecule has 3 rings (SSSR count). The molecule has 0 bridgehead atoms. The number of nitrogens with zero attached hydrogens (tertiary/aromatic N) is 3. The minimum absolute atomic E-state index is 0.285. The van der Waals surface area contributed by atoms with Crippen molar-refractivity contribution in [1.29, 1.82) is 0 Å². The van der Waals surface area contributed by atoms with Crippen molar-refractivity contribution >= 4 is 15.9 Å². The number of aromatic nitrogens is 3. The van der Waals surface area contributed by atoms with Gasteiger partial charge in [-0.25, -0.2) is 0 Å². The molecule has 0 saturated carbocycles. The average molecular weight is 294 g/mol. The van der Waals surface area contributed by atoms with Crippen molar-refractivity contribution in [2.45, 2.75) is 25.5 Å². The minimum Gasteiger partial charge on any atom is -0.391 e. The van der Waals surface area contributed by atoms with Crippen LogP contribution in [0.4, 0.5) is 0 Å². The first-order valence-electron chi connectivity index (χ1n) is 5.60. The number of hydrogen-bond acceptors (Lipinski definition) is 3. The summed E-state index contributed by atoms with van der Waals surface area (Å²) in [7, 11) is 0. The van der Waals surface area contributed by atoms with Crippen molar-refractivity contribution in [3.8, 4) is 11.4 Å². The Morgan fingerprint density at radius 3 is 2.76 bits per heavy atom. The number of hydrogen-bond donors (Lipinski definition) is 1. The molecule has 1 aliphatic rings. The van der Waals surface area contributed by atoms with Crippen LogP contribution in [0.15, 0.2) is 28.7 Å². The summed E-state index contributed by atoms with van der Waals surface area (Å²) in [5.41, 5.74) is 1.03. The molecule has 4 nitrogen and oxygen atoms in total. The summed E-state index contributed by atoms with van der Waals surface area (Å²) in [4.78, 5) is 0. The zero-order chi connectivity index (χ0) is 11.8. The molecule has 1 aliphatic heterocycles. The van der Waals surface area contributed by atoms with Gasteiger partial charge in [0.15, 0.2) is 5.82 Å². The van der Waals surface area contributed by atoms with E-state index in [9.17, 15) is 5.11 Å². The number of halogens is 1. The van der Waals surface area contributed by atoms with Gasteiger partial charge in [-0.1, -0.05) is 28.1 Å². The predicted octanol–water partition coefficient (Wildman–Crippen LogP) is 2.01. The molecule has 88 valence electrons. The number of aryl methyl sites for hydroxylation is 1. The highest BCUT2D eigenvalue weighted by Gasteiger charge is 2.21. The van der Waals surface area contributed by atoms with Gasteiger partial charge in [-0.3, -0.25) is 0 Å². The molecule has 0 aliphatic carbocycles. The van der Waals surface area contributed by atoms with Gasteiger partial charge in [-0.2, -0.15) is 0 Å². The topological polar surface area (TPSA) is 50.9 Å². The molecule has 2 heterocycles. The molecule has 0 spiro atoms. The van der Waals surface area contributed by atoms with Crippen molar-refractivity contribution < 1.29 is 5.11 Å². The molecular weight excluding hydrogens is 282 g/mol. The lowest BCUT2D eigenvalue weighted by molar-refractivity contribution is 0.131. The summed E-state index contributed by atoms with van der Waals surface area (Å²) in [5, 5.41) is 18.1. The van der Waals surface area contributed by atoms with Gasteiger partial charge in [-0.15, -0.1) is 10.2 Å². The number of fused-ring (bicyclic) bond motifs is 1. The minimum atomic E-state index is -0.285. The van der Waals surface area contributed by atoms with Crippen LogP contribution in [0.25, 0.3) is 11.4 Å². The van der Waals surface area contributed by atoms with Crippen LogP contribution in [0.1, 0.15) is 12.2 Å². The monoisotopic (exact) mass is 293 g/mol. The predicted molar refractivity (Wildman–Crippen MR) is 67.5 cm³/mol. The largest absolute Gasteiger partial charge is 0.391 e. The van der Waals surface area contributed by atoms with E-state index < -0.39 is 0 Å². The number of benzene rings is 1. The molecule has 17 heavy (non-hydrogen) atoms. The molecule has 1 aromatic heterocycles. The van der Waals surface area contributed by atoms with Gasteiger partial charge < -0.3 is 9.67 Å². The fraction of sp³-hybridized carbons (Fsp3) is 0.333. The summed E-state index contributed by atoms with van der Waals surface area (Å²) in [5.74, 6) is 1.81. The van der Waals surface area contributed by atoms with Gasteiger partial charge in [0.1, 0.15) is 5.82 Å². The maximum Gasteiger partial charge on any atom is 0.164 e. The molecule has 1 N–H and O–H groups in total. The maximum atomic E-state index is 9.71. The van der Waals surface area contributed by atoms with Gasteiger partial charge >= 0.3 is 0 Å². The highest BCUT2D eigenvalue weighted by molar-refractivity contribution is 9.10. The van der Waals surface area contributed by atoms with E-state index in [4.69, 9.17) is 0 Å². The van der Waals surface area contributed by atoms with E-state index in [0.717, 1.165) is 34.5 Å². The van der Waals surface area contributed by atoms with E-state index in [1.165, 1.54) is 0 Å². The van der Waals surface area contributed by atoms with Gasteiger partial charge in [-0.05, 0) is 18.6 Å². The third-order valence-corrected chi connectivity index (χ3v) is 3.55. The Balaban J connectivity index is 2.04. The van der Waals surface area contributed by atoms with Crippen LogP contribution in [0.5, 0.6) is 0 Å². The molecule has 1 atom stereocenters. The third kappa shape index (κ3) is 2.00. The van der Waals surface area contributed by atoms with Crippen molar-refractivity contribution in [3.05, 3.63) is 34.6 Å². The van der Waals surface area contributed by atoms with Crippen molar-refractivity contribution in [2.24, 2.45) is 0 Å². The SMILES string of the molecule is OC1CCc2nnc(-c3ccc(Br)cc3)n2C1. The van der Waals surface area contributed by atoms with Gasteiger partial charge in [0.05, 0.1) is 12.6 Å². The Morgan fingerprint density at radius 2 is 2.00 bits per heavy atom. The average Bonchev–Trinajstić information content (AvgIpc) is 2.73. The van der Waals surface area contributed by atoms with Gasteiger partial charge in [0.2, 0.25) is 0 Å². The molecule has 1 unspecified atom stereocenters. The van der Waals surface area contributed by atoms with Crippen LogP contribution in [0.2, 0.25) is 0 Å². The fourth-order valence-electron chi connectivity index (χ4n) is 2.12. The second-order valence-corrected chi connectivity index (χ2v) is 5.17. The van der Waals surface area contributed by atoms with E-state index in [1.807, 2.05) is 28.8 Å². The molecule has 0 radical (unpaired) electrons. The Bertz CT molecular complexity index is 535. The molecule has 1 aromatic carbocycles. The Labute approximate surface area is 107 Å². The van der Waals surface area contributed by atoms with Crippen molar-refractivity contribution in [3.63, 3.8) is 0 Å².